The first-order valence-corrected chi connectivity index (χ1v) is 23.0. The number of rotatable bonds is 5. The van der Waals surface area contributed by atoms with Crippen molar-refractivity contribution in [3.05, 3.63) is 257 Å². The largest absolute Gasteiger partial charge is 0.310 e. The first-order chi connectivity index (χ1) is 32.5. The Balaban J connectivity index is 0.852. The van der Waals surface area contributed by atoms with Gasteiger partial charge in [-0.15, -0.1) is 0 Å². The topological polar surface area (TPSA) is 41.9 Å². The second-order valence-electron chi connectivity index (χ2n) is 18.7. The van der Waals surface area contributed by atoms with E-state index in [1.165, 1.54) is 72.6 Å². The fourth-order valence-corrected chi connectivity index (χ4v) is 11.7. The fourth-order valence-electron chi connectivity index (χ4n) is 11.7. The molecule has 14 rings (SSSR count). The molecule has 0 saturated heterocycles. The highest BCUT2D eigenvalue weighted by atomic mass is 15.2. The van der Waals surface area contributed by atoms with Crippen LogP contribution in [0.5, 0.6) is 0 Å². The van der Waals surface area contributed by atoms with E-state index in [0.29, 0.717) is 23.4 Å². The predicted molar refractivity (Wildman–Crippen MR) is 268 cm³/mol. The van der Waals surface area contributed by atoms with E-state index >= 15 is 0 Å². The summed E-state index contributed by atoms with van der Waals surface area (Å²) < 4.78 is 0. The van der Waals surface area contributed by atoms with E-state index in [-0.39, 0.29) is 5.41 Å². The number of fused-ring (bicyclic) bond motifs is 13. The van der Waals surface area contributed by atoms with Crippen molar-refractivity contribution in [1.82, 2.24) is 15.0 Å². The lowest BCUT2D eigenvalue weighted by Crippen LogP contribution is -2.37. The second-order valence-corrected chi connectivity index (χ2v) is 18.7. The van der Waals surface area contributed by atoms with Gasteiger partial charge < -0.3 is 4.90 Å². The molecular formula is C62H42N4. The van der Waals surface area contributed by atoms with Gasteiger partial charge in [-0.05, 0) is 109 Å². The quantitative estimate of drug-likeness (QED) is 0.173. The zero-order valence-electron chi connectivity index (χ0n) is 36.6. The van der Waals surface area contributed by atoms with Gasteiger partial charge in [0.1, 0.15) is 0 Å². The van der Waals surface area contributed by atoms with Gasteiger partial charge in [-0.25, -0.2) is 15.0 Å². The molecule has 0 amide bonds. The molecule has 310 valence electrons. The van der Waals surface area contributed by atoms with Crippen molar-refractivity contribution in [2.45, 2.75) is 24.7 Å². The van der Waals surface area contributed by atoms with Gasteiger partial charge in [-0.2, -0.15) is 0 Å². The van der Waals surface area contributed by atoms with E-state index in [4.69, 9.17) is 15.0 Å². The molecule has 0 bridgehead atoms. The maximum absolute atomic E-state index is 5.21. The summed E-state index contributed by atoms with van der Waals surface area (Å²) in [6.45, 7) is 4.62. The predicted octanol–water partition coefficient (Wildman–Crippen LogP) is 14.9. The molecule has 8 aromatic carbocycles. The Bertz CT molecular complexity index is 3580. The number of hydrogen-bond donors (Lipinski definition) is 0. The Morgan fingerprint density at radius 1 is 0.424 bits per heavy atom. The Morgan fingerprint density at radius 2 is 0.970 bits per heavy atom. The SMILES string of the molecule is CC1(C)c2ccccc2-c2ccc(-c3nc(-c4ccccc4)nc(-c4cccc(-c5ccc(N6c7ccccc7C7(C8=C(C=C[C@H]9C=C89)c8ccccc87)c7ccccc76)cc5)c4)n3)cc21. The van der Waals surface area contributed by atoms with Crippen LogP contribution in [0.15, 0.2) is 223 Å². The summed E-state index contributed by atoms with van der Waals surface area (Å²) in [7, 11) is 0. The van der Waals surface area contributed by atoms with Crippen molar-refractivity contribution in [1.29, 1.82) is 0 Å². The minimum absolute atomic E-state index is 0.137. The summed E-state index contributed by atoms with van der Waals surface area (Å²) in [5, 5.41) is 0. The van der Waals surface area contributed by atoms with Gasteiger partial charge in [0.15, 0.2) is 17.5 Å². The maximum atomic E-state index is 5.21. The number of para-hydroxylation sites is 2. The van der Waals surface area contributed by atoms with Gasteiger partial charge >= 0.3 is 0 Å². The minimum Gasteiger partial charge on any atom is -0.310 e. The van der Waals surface area contributed by atoms with Gasteiger partial charge in [-0.1, -0.05) is 190 Å². The second kappa shape index (κ2) is 13.7. The highest BCUT2D eigenvalue weighted by Crippen LogP contribution is 2.67. The lowest BCUT2D eigenvalue weighted by atomic mass is 9.63. The van der Waals surface area contributed by atoms with Crippen molar-refractivity contribution in [3.63, 3.8) is 0 Å². The summed E-state index contributed by atoms with van der Waals surface area (Å²) in [4.78, 5) is 17.9. The zero-order valence-corrected chi connectivity index (χ0v) is 36.6. The van der Waals surface area contributed by atoms with Crippen molar-refractivity contribution < 1.29 is 0 Å². The van der Waals surface area contributed by atoms with Crippen LogP contribution in [0.2, 0.25) is 0 Å². The number of aromatic nitrogens is 3. The van der Waals surface area contributed by atoms with Crippen LogP contribution >= 0.6 is 0 Å². The van der Waals surface area contributed by atoms with E-state index in [1.807, 2.05) is 18.2 Å². The van der Waals surface area contributed by atoms with Crippen LogP contribution in [0, 0.1) is 5.92 Å². The lowest BCUT2D eigenvalue weighted by molar-refractivity contribution is 0.660. The summed E-state index contributed by atoms with van der Waals surface area (Å²) in [6, 6.07) is 70.5. The highest BCUT2D eigenvalue weighted by molar-refractivity contribution is 6.01. The fraction of sp³-hybridized carbons (Fsp3) is 0.0806. The van der Waals surface area contributed by atoms with E-state index < -0.39 is 5.41 Å². The molecule has 1 aliphatic heterocycles. The lowest BCUT2D eigenvalue weighted by Gasteiger charge is -2.46. The van der Waals surface area contributed by atoms with Crippen LogP contribution in [0.1, 0.15) is 47.2 Å². The first-order valence-electron chi connectivity index (χ1n) is 23.0. The van der Waals surface area contributed by atoms with Crippen molar-refractivity contribution in [2.24, 2.45) is 5.92 Å². The van der Waals surface area contributed by atoms with Crippen LogP contribution in [-0.2, 0) is 10.8 Å². The first kappa shape index (κ1) is 37.2. The molecule has 4 nitrogen and oxygen atoms in total. The molecule has 66 heavy (non-hydrogen) atoms. The average Bonchev–Trinajstić information content (AvgIpc) is 4.07. The van der Waals surface area contributed by atoms with E-state index in [0.717, 1.165) is 33.5 Å². The Labute approximate surface area is 384 Å². The van der Waals surface area contributed by atoms with Crippen molar-refractivity contribution in [2.75, 3.05) is 4.90 Å². The third-order valence-corrected chi connectivity index (χ3v) is 14.8. The Morgan fingerprint density at radius 3 is 1.70 bits per heavy atom. The smallest absolute Gasteiger partial charge is 0.164 e. The van der Waals surface area contributed by atoms with E-state index in [9.17, 15) is 0 Å². The summed E-state index contributed by atoms with van der Waals surface area (Å²) in [5.74, 6) is 2.38. The number of benzene rings is 8. The molecule has 5 aliphatic rings. The number of allylic oxidation sites excluding steroid dienone is 6. The summed E-state index contributed by atoms with van der Waals surface area (Å²) in [5.41, 5.74) is 22.9. The molecule has 0 N–H and O–H groups in total. The standard InChI is InChI=1S/C62H42N4/c1-61(2)50-21-8-6-19-45(50)47-33-30-43(37-54(47)61)60-64-58(39-15-4-3-5-16-39)63-59(65-60)42-18-14-17-40(35-42)38-27-31-44(32-28-38)66-55-25-12-10-23-52(55)62(53-24-11-13-26-56(53)66)51-22-9-7-20-46(51)48-34-29-41-36-49(41)57(48)62/h3-37,41H,1-2H3/t41-/m0/s1. The normalized spacial score (nSPS) is 17.0. The third kappa shape index (κ3) is 5.18. The Kier molecular flexibility index (Phi) is 7.69. The van der Waals surface area contributed by atoms with Crippen LogP contribution < -0.4 is 4.90 Å². The monoisotopic (exact) mass is 842 g/mol. The molecular weight excluding hydrogens is 801 g/mol. The van der Waals surface area contributed by atoms with Crippen LogP contribution in [0.3, 0.4) is 0 Å². The van der Waals surface area contributed by atoms with Gasteiger partial charge in [0.05, 0.1) is 16.8 Å². The van der Waals surface area contributed by atoms with Crippen molar-refractivity contribution >= 4 is 22.6 Å². The minimum atomic E-state index is -0.403. The highest BCUT2D eigenvalue weighted by Gasteiger charge is 2.56. The molecule has 4 heteroatoms. The molecule has 1 aromatic heterocycles. The van der Waals surface area contributed by atoms with Gasteiger partial charge in [0.25, 0.3) is 0 Å². The molecule has 1 spiro atoms. The van der Waals surface area contributed by atoms with Crippen molar-refractivity contribution in [3.8, 4) is 56.4 Å². The third-order valence-electron chi connectivity index (χ3n) is 14.8. The van der Waals surface area contributed by atoms with E-state index in [1.54, 1.807) is 0 Å². The number of hydrogen-bond acceptors (Lipinski definition) is 4. The van der Waals surface area contributed by atoms with Crippen LogP contribution in [0.4, 0.5) is 17.1 Å². The molecule has 0 fully saturated rings. The average molecular weight is 843 g/mol. The molecule has 0 unspecified atom stereocenters. The molecule has 4 aliphatic carbocycles. The molecule has 0 saturated carbocycles. The Hall–Kier alpha value is -8.21. The number of nitrogens with zero attached hydrogens (tertiary/aromatic N) is 4. The molecule has 0 radical (unpaired) electrons. The van der Waals surface area contributed by atoms with Crippen LogP contribution in [0.25, 0.3) is 62.0 Å². The number of anilines is 3. The molecule has 1 atom stereocenters. The maximum Gasteiger partial charge on any atom is 0.164 e. The van der Waals surface area contributed by atoms with Gasteiger partial charge in [0.2, 0.25) is 0 Å². The van der Waals surface area contributed by atoms with E-state index in [2.05, 4.69) is 213 Å². The zero-order chi connectivity index (χ0) is 43.7. The molecule has 9 aromatic rings. The summed E-state index contributed by atoms with van der Waals surface area (Å²) in [6.07, 6.45) is 7.18. The molecule has 2 heterocycles. The summed E-state index contributed by atoms with van der Waals surface area (Å²) >= 11 is 0. The van der Waals surface area contributed by atoms with Gasteiger partial charge in [-0.3, -0.25) is 0 Å². The van der Waals surface area contributed by atoms with Gasteiger partial charge in [0, 0.05) is 33.7 Å². The van der Waals surface area contributed by atoms with Crippen LogP contribution in [-0.4, -0.2) is 15.0 Å².